The van der Waals surface area contributed by atoms with Gasteiger partial charge in [0.25, 0.3) is 0 Å². The minimum Gasteiger partial charge on any atom is -0.461 e. The summed E-state index contributed by atoms with van der Waals surface area (Å²) in [5.74, 6) is 0.0315. The molecule has 0 aromatic carbocycles. The average Bonchev–Trinajstić information content (AvgIpc) is 2.66. The van der Waals surface area contributed by atoms with E-state index in [1.165, 1.54) is 0 Å². The van der Waals surface area contributed by atoms with Crippen LogP contribution in [-0.2, 0) is 4.74 Å². The Balaban J connectivity index is 2.72. The molecule has 1 aromatic rings. The summed E-state index contributed by atoms with van der Waals surface area (Å²) in [4.78, 5) is 11.3. The van der Waals surface area contributed by atoms with Gasteiger partial charge in [-0.05, 0) is 25.3 Å². The highest BCUT2D eigenvalue weighted by molar-refractivity contribution is 5.87. The third kappa shape index (κ3) is 2.34. The number of hydrogen-bond donors (Lipinski definition) is 1. The Bertz CT molecular complexity index is 307. The molecule has 4 nitrogen and oxygen atoms in total. The van der Waals surface area contributed by atoms with Gasteiger partial charge in [-0.25, -0.2) is 4.79 Å². The Hall–Kier alpha value is -1.32. The fourth-order valence-corrected chi connectivity index (χ4v) is 1.11. The molecule has 1 unspecified atom stereocenters. The van der Waals surface area contributed by atoms with Gasteiger partial charge in [0.1, 0.15) is 5.69 Å². The maximum Gasteiger partial charge on any atom is 0.356 e. The average molecular weight is 196 g/mol. The van der Waals surface area contributed by atoms with Crippen LogP contribution in [0.2, 0.25) is 0 Å². The van der Waals surface area contributed by atoms with E-state index >= 15 is 0 Å². The van der Waals surface area contributed by atoms with Crippen LogP contribution in [-0.4, -0.2) is 22.8 Å². The predicted octanol–water partition coefficient (Wildman–Crippen LogP) is 2.10. The Morgan fingerprint density at radius 3 is 2.93 bits per heavy atom. The van der Waals surface area contributed by atoms with Crippen LogP contribution in [0.25, 0.3) is 0 Å². The van der Waals surface area contributed by atoms with Gasteiger partial charge in [-0.15, -0.1) is 0 Å². The first-order chi connectivity index (χ1) is 6.69. The van der Waals surface area contributed by atoms with Crippen molar-refractivity contribution in [3.63, 3.8) is 0 Å². The van der Waals surface area contributed by atoms with E-state index in [1.54, 1.807) is 13.0 Å². The summed E-state index contributed by atoms with van der Waals surface area (Å²) in [5.41, 5.74) is 1.35. The number of esters is 1. The zero-order chi connectivity index (χ0) is 10.6. The second kappa shape index (κ2) is 4.79. The van der Waals surface area contributed by atoms with Gasteiger partial charge in [-0.3, -0.25) is 5.10 Å². The van der Waals surface area contributed by atoms with Crippen molar-refractivity contribution in [3.8, 4) is 0 Å². The molecule has 0 radical (unpaired) electrons. The van der Waals surface area contributed by atoms with Crippen molar-refractivity contribution in [2.75, 3.05) is 6.61 Å². The fourth-order valence-electron chi connectivity index (χ4n) is 1.11. The molecule has 78 valence electrons. The number of rotatable bonds is 4. The molecule has 0 aliphatic rings. The Labute approximate surface area is 83.7 Å². The first-order valence-electron chi connectivity index (χ1n) is 4.91. The van der Waals surface area contributed by atoms with E-state index in [0.717, 1.165) is 12.1 Å². The minimum atomic E-state index is -0.338. The van der Waals surface area contributed by atoms with E-state index in [9.17, 15) is 4.79 Å². The van der Waals surface area contributed by atoms with Gasteiger partial charge in [-0.2, -0.15) is 5.10 Å². The molecule has 0 aliphatic carbocycles. The molecule has 14 heavy (non-hydrogen) atoms. The van der Waals surface area contributed by atoms with Crippen molar-refractivity contribution in [2.24, 2.45) is 0 Å². The van der Waals surface area contributed by atoms with Gasteiger partial charge in [0.15, 0.2) is 0 Å². The van der Waals surface area contributed by atoms with Crippen molar-refractivity contribution in [3.05, 3.63) is 17.5 Å². The third-order valence-electron chi connectivity index (χ3n) is 2.21. The Morgan fingerprint density at radius 2 is 2.36 bits per heavy atom. The van der Waals surface area contributed by atoms with Gasteiger partial charge < -0.3 is 4.74 Å². The summed E-state index contributed by atoms with van der Waals surface area (Å²) in [6, 6.07) is 1.76. The standard InChI is InChI=1S/C10H16N2O2/c1-4-7(3)8-6-9(12-11-8)10(13)14-5-2/h6-7H,4-5H2,1-3H3,(H,11,12). The van der Waals surface area contributed by atoms with Crippen LogP contribution in [0.1, 0.15) is 49.3 Å². The van der Waals surface area contributed by atoms with Gasteiger partial charge >= 0.3 is 5.97 Å². The molecule has 0 aliphatic heterocycles. The SMILES string of the molecule is CCOC(=O)c1cc(C(C)CC)n[nH]1. The van der Waals surface area contributed by atoms with Crippen LogP contribution in [0.4, 0.5) is 0 Å². The lowest BCUT2D eigenvalue weighted by atomic mass is 10.1. The second-order valence-corrected chi connectivity index (χ2v) is 3.24. The van der Waals surface area contributed by atoms with E-state index in [4.69, 9.17) is 4.74 Å². The molecule has 0 amide bonds. The van der Waals surface area contributed by atoms with Gasteiger partial charge in [0, 0.05) is 0 Å². The molecule has 1 atom stereocenters. The zero-order valence-corrected chi connectivity index (χ0v) is 8.83. The van der Waals surface area contributed by atoms with E-state index in [0.29, 0.717) is 18.2 Å². The lowest BCUT2D eigenvalue weighted by molar-refractivity contribution is 0.0519. The number of H-pyrrole nitrogens is 1. The maximum atomic E-state index is 11.3. The van der Waals surface area contributed by atoms with E-state index in [-0.39, 0.29) is 5.97 Å². The summed E-state index contributed by atoms with van der Waals surface area (Å²) < 4.78 is 4.84. The maximum absolute atomic E-state index is 11.3. The molecular weight excluding hydrogens is 180 g/mol. The Kier molecular flexibility index (Phi) is 3.68. The summed E-state index contributed by atoms with van der Waals surface area (Å²) >= 11 is 0. The largest absolute Gasteiger partial charge is 0.461 e. The van der Waals surface area contributed by atoms with Gasteiger partial charge in [0.2, 0.25) is 0 Å². The predicted molar refractivity (Wildman–Crippen MR) is 53.3 cm³/mol. The summed E-state index contributed by atoms with van der Waals surface area (Å²) in [7, 11) is 0. The molecule has 0 bridgehead atoms. The molecule has 0 saturated heterocycles. The van der Waals surface area contributed by atoms with Crippen LogP contribution in [0.15, 0.2) is 6.07 Å². The number of hydrogen-bond acceptors (Lipinski definition) is 3. The number of ether oxygens (including phenoxy) is 1. The van der Waals surface area contributed by atoms with E-state index < -0.39 is 0 Å². The molecule has 0 saturated carbocycles. The molecular formula is C10H16N2O2. The molecule has 1 N–H and O–H groups in total. The molecule has 0 spiro atoms. The first-order valence-corrected chi connectivity index (χ1v) is 4.91. The quantitative estimate of drug-likeness (QED) is 0.750. The number of nitrogens with zero attached hydrogens (tertiary/aromatic N) is 1. The minimum absolute atomic E-state index is 0.338. The summed E-state index contributed by atoms with van der Waals surface area (Å²) in [6.07, 6.45) is 1.01. The first kappa shape index (κ1) is 10.8. The molecule has 4 heteroatoms. The van der Waals surface area contributed by atoms with E-state index in [1.807, 2.05) is 0 Å². The zero-order valence-electron chi connectivity index (χ0n) is 8.83. The number of carbonyl (C=O) groups is 1. The summed E-state index contributed by atoms with van der Waals surface area (Å²) in [5, 5.41) is 6.75. The van der Waals surface area contributed by atoms with Crippen LogP contribution >= 0.6 is 0 Å². The number of nitrogens with one attached hydrogen (secondary N) is 1. The fraction of sp³-hybridized carbons (Fsp3) is 0.600. The van der Waals surface area contributed by atoms with Crippen molar-refractivity contribution < 1.29 is 9.53 Å². The molecule has 1 rings (SSSR count). The highest BCUT2D eigenvalue weighted by Crippen LogP contribution is 2.16. The van der Waals surface area contributed by atoms with Crippen LogP contribution < -0.4 is 0 Å². The smallest absolute Gasteiger partial charge is 0.356 e. The Morgan fingerprint density at radius 1 is 1.64 bits per heavy atom. The van der Waals surface area contributed by atoms with E-state index in [2.05, 4.69) is 24.0 Å². The van der Waals surface area contributed by atoms with Crippen molar-refractivity contribution in [2.45, 2.75) is 33.1 Å². The topological polar surface area (TPSA) is 55.0 Å². The van der Waals surface area contributed by atoms with Gasteiger partial charge in [0.05, 0.1) is 12.3 Å². The monoisotopic (exact) mass is 196 g/mol. The number of aromatic amines is 1. The lowest BCUT2D eigenvalue weighted by Crippen LogP contribution is -2.04. The number of carbonyl (C=O) groups excluding carboxylic acids is 1. The summed E-state index contributed by atoms with van der Waals surface area (Å²) in [6.45, 7) is 6.33. The highest BCUT2D eigenvalue weighted by atomic mass is 16.5. The molecule has 1 heterocycles. The molecule has 1 aromatic heterocycles. The number of aromatic nitrogens is 2. The van der Waals surface area contributed by atoms with Crippen molar-refractivity contribution in [1.29, 1.82) is 0 Å². The third-order valence-corrected chi connectivity index (χ3v) is 2.21. The normalized spacial score (nSPS) is 12.5. The highest BCUT2D eigenvalue weighted by Gasteiger charge is 2.13. The van der Waals surface area contributed by atoms with Crippen molar-refractivity contribution in [1.82, 2.24) is 10.2 Å². The van der Waals surface area contributed by atoms with Crippen LogP contribution in [0.5, 0.6) is 0 Å². The van der Waals surface area contributed by atoms with Crippen LogP contribution in [0.3, 0.4) is 0 Å². The molecule has 0 fully saturated rings. The van der Waals surface area contributed by atoms with Gasteiger partial charge in [-0.1, -0.05) is 13.8 Å². The van der Waals surface area contributed by atoms with Crippen molar-refractivity contribution >= 4 is 5.97 Å². The van der Waals surface area contributed by atoms with Crippen LogP contribution in [0, 0.1) is 0 Å². The lowest BCUT2D eigenvalue weighted by Gasteiger charge is -2.01. The second-order valence-electron chi connectivity index (χ2n) is 3.24.